The van der Waals surface area contributed by atoms with Crippen molar-refractivity contribution in [1.82, 2.24) is 5.32 Å². The number of halogens is 2. The summed E-state index contributed by atoms with van der Waals surface area (Å²) in [6.45, 7) is 2.02. The van der Waals surface area contributed by atoms with Crippen molar-refractivity contribution < 1.29 is 18.7 Å². The lowest BCUT2D eigenvalue weighted by Crippen LogP contribution is -2.51. The van der Waals surface area contributed by atoms with Gasteiger partial charge in [0.2, 0.25) is 0 Å². The normalized spacial score (nSPS) is 24.2. The molecule has 3 rings (SSSR count). The molecular formula is C16H19ClFNO3. The minimum Gasteiger partial charge on any atom is -0.381 e. The van der Waals surface area contributed by atoms with Gasteiger partial charge in [-0.25, -0.2) is 4.39 Å². The van der Waals surface area contributed by atoms with Crippen molar-refractivity contribution in [2.24, 2.45) is 0 Å². The Labute approximate surface area is 133 Å². The first kappa shape index (κ1) is 15.7. The topological polar surface area (TPSA) is 47.6 Å². The van der Waals surface area contributed by atoms with Gasteiger partial charge in [-0.1, -0.05) is 11.6 Å². The highest BCUT2D eigenvalue weighted by molar-refractivity contribution is 6.33. The number of carbonyl (C=O) groups is 1. The van der Waals surface area contributed by atoms with E-state index in [1.54, 1.807) is 0 Å². The first-order valence-electron chi connectivity index (χ1n) is 7.56. The summed E-state index contributed by atoms with van der Waals surface area (Å²) in [6.07, 6.45) is 3.27. The first-order valence-corrected chi connectivity index (χ1v) is 7.93. The van der Waals surface area contributed by atoms with Gasteiger partial charge in [0.1, 0.15) is 5.82 Å². The summed E-state index contributed by atoms with van der Waals surface area (Å²) in [7, 11) is 0. The van der Waals surface area contributed by atoms with Gasteiger partial charge in [0.25, 0.3) is 5.91 Å². The molecular weight excluding hydrogens is 309 g/mol. The average Bonchev–Trinajstić information content (AvgIpc) is 2.48. The van der Waals surface area contributed by atoms with Gasteiger partial charge in [-0.3, -0.25) is 4.79 Å². The van der Waals surface area contributed by atoms with E-state index >= 15 is 0 Å². The number of nitrogens with one attached hydrogen (secondary N) is 1. The fourth-order valence-electron chi connectivity index (χ4n) is 3.18. The van der Waals surface area contributed by atoms with E-state index in [0.717, 1.165) is 31.7 Å². The summed E-state index contributed by atoms with van der Waals surface area (Å²) in [5.41, 5.74) is 0.122. The number of benzene rings is 1. The molecule has 2 aliphatic rings. The fraction of sp³-hybridized carbons (Fsp3) is 0.562. The predicted octanol–water partition coefficient (Wildman–Crippen LogP) is 2.94. The smallest absolute Gasteiger partial charge is 0.253 e. The Morgan fingerprint density at radius 2 is 2.09 bits per heavy atom. The zero-order valence-corrected chi connectivity index (χ0v) is 13.0. The minimum absolute atomic E-state index is 0.0421. The lowest BCUT2D eigenvalue weighted by molar-refractivity contribution is -0.139. The Bertz CT molecular complexity index is 555. The Balaban J connectivity index is 1.66. The molecule has 2 fully saturated rings. The molecule has 0 aliphatic carbocycles. The number of hydrogen-bond donors (Lipinski definition) is 1. The van der Waals surface area contributed by atoms with Crippen molar-refractivity contribution >= 4 is 17.5 Å². The van der Waals surface area contributed by atoms with Crippen LogP contribution in [0, 0.1) is 5.82 Å². The van der Waals surface area contributed by atoms with Crippen molar-refractivity contribution in [3.05, 3.63) is 34.6 Å². The van der Waals surface area contributed by atoms with Crippen molar-refractivity contribution in [3.8, 4) is 0 Å². The van der Waals surface area contributed by atoms with Gasteiger partial charge in [-0.15, -0.1) is 0 Å². The summed E-state index contributed by atoms with van der Waals surface area (Å²) in [5, 5.41) is 3.13. The van der Waals surface area contributed by atoms with Crippen LogP contribution < -0.4 is 5.32 Å². The molecule has 0 aromatic heterocycles. The molecule has 0 bridgehead atoms. The third-order valence-corrected chi connectivity index (χ3v) is 4.72. The Kier molecular flexibility index (Phi) is 4.66. The summed E-state index contributed by atoms with van der Waals surface area (Å²) in [5.74, 6) is -0.715. The second kappa shape index (κ2) is 6.52. The molecule has 2 heterocycles. The summed E-state index contributed by atoms with van der Waals surface area (Å²) in [4.78, 5) is 12.3. The number of ether oxygens (including phenoxy) is 2. The van der Waals surface area contributed by atoms with Crippen molar-refractivity contribution in [2.75, 3.05) is 19.8 Å². The number of amides is 1. The minimum atomic E-state index is -0.450. The van der Waals surface area contributed by atoms with Gasteiger partial charge in [0.05, 0.1) is 16.2 Å². The van der Waals surface area contributed by atoms with Crippen molar-refractivity contribution in [3.63, 3.8) is 0 Å². The number of carbonyl (C=O) groups excluding carboxylic acids is 1. The molecule has 22 heavy (non-hydrogen) atoms. The third-order valence-electron chi connectivity index (χ3n) is 4.41. The fourth-order valence-corrected chi connectivity index (χ4v) is 3.43. The van der Waals surface area contributed by atoms with Crippen LogP contribution in [0.15, 0.2) is 18.2 Å². The highest BCUT2D eigenvalue weighted by Crippen LogP contribution is 2.34. The second-order valence-corrected chi connectivity index (χ2v) is 6.34. The molecule has 1 aromatic carbocycles. The maximum atomic E-state index is 13.1. The Hall–Kier alpha value is -1.17. The SMILES string of the molecule is O=C(NC1CCOC2(CCOCC2)C1)c1ccc(F)cc1Cl. The largest absolute Gasteiger partial charge is 0.381 e. The molecule has 6 heteroatoms. The molecule has 2 saturated heterocycles. The molecule has 120 valence electrons. The monoisotopic (exact) mass is 327 g/mol. The van der Waals surface area contributed by atoms with E-state index in [9.17, 15) is 9.18 Å². The van der Waals surface area contributed by atoms with Gasteiger partial charge in [-0.05, 0) is 43.9 Å². The van der Waals surface area contributed by atoms with Crippen LogP contribution >= 0.6 is 11.6 Å². The molecule has 1 aromatic rings. The lowest BCUT2D eigenvalue weighted by atomic mass is 9.84. The van der Waals surface area contributed by atoms with E-state index in [2.05, 4.69) is 5.32 Å². The Morgan fingerprint density at radius 1 is 1.32 bits per heavy atom. The van der Waals surface area contributed by atoms with Crippen molar-refractivity contribution in [1.29, 1.82) is 0 Å². The van der Waals surface area contributed by atoms with E-state index in [4.69, 9.17) is 21.1 Å². The molecule has 4 nitrogen and oxygen atoms in total. The molecule has 1 N–H and O–H groups in total. The Morgan fingerprint density at radius 3 is 2.82 bits per heavy atom. The van der Waals surface area contributed by atoms with E-state index in [1.165, 1.54) is 12.1 Å². The first-order chi connectivity index (χ1) is 10.6. The van der Waals surface area contributed by atoms with Gasteiger partial charge in [-0.2, -0.15) is 0 Å². The highest BCUT2D eigenvalue weighted by atomic mass is 35.5. The zero-order chi connectivity index (χ0) is 15.6. The van der Waals surface area contributed by atoms with Crippen LogP contribution in [0.3, 0.4) is 0 Å². The van der Waals surface area contributed by atoms with E-state index in [1.807, 2.05) is 0 Å². The van der Waals surface area contributed by atoms with Gasteiger partial charge < -0.3 is 14.8 Å². The van der Waals surface area contributed by atoms with Crippen LogP contribution in [-0.4, -0.2) is 37.4 Å². The van der Waals surface area contributed by atoms with Crippen LogP contribution in [0.25, 0.3) is 0 Å². The zero-order valence-electron chi connectivity index (χ0n) is 12.2. The molecule has 1 spiro atoms. The van der Waals surface area contributed by atoms with Crippen LogP contribution in [0.5, 0.6) is 0 Å². The molecule has 1 unspecified atom stereocenters. The summed E-state index contributed by atoms with van der Waals surface area (Å²) in [6, 6.07) is 3.85. The number of hydrogen-bond acceptors (Lipinski definition) is 3. The van der Waals surface area contributed by atoms with Crippen LogP contribution in [0.2, 0.25) is 5.02 Å². The molecule has 1 atom stereocenters. The third kappa shape index (κ3) is 3.42. The molecule has 0 radical (unpaired) electrons. The van der Waals surface area contributed by atoms with E-state index < -0.39 is 5.82 Å². The van der Waals surface area contributed by atoms with Crippen LogP contribution in [0.4, 0.5) is 4.39 Å². The quantitative estimate of drug-likeness (QED) is 0.908. The van der Waals surface area contributed by atoms with Crippen molar-refractivity contribution in [2.45, 2.75) is 37.3 Å². The standard InChI is InChI=1S/C16H19ClFNO3/c17-14-9-11(18)1-2-13(14)15(20)19-12-3-6-22-16(10-12)4-7-21-8-5-16/h1-2,9,12H,3-8,10H2,(H,19,20). The van der Waals surface area contributed by atoms with Crippen LogP contribution in [0.1, 0.15) is 36.0 Å². The maximum absolute atomic E-state index is 13.1. The van der Waals surface area contributed by atoms with E-state index in [-0.39, 0.29) is 22.6 Å². The second-order valence-electron chi connectivity index (χ2n) is 5.93. The number of rotatable bonds is 2. The molecule has 1 amide bonds. The van der Waals surface area contributed by atoms with Gasteiger partial charge >= 0.3 is 0 Å². The highest BCUT2D eigenvalue weighted by Gasteiger charge is 2.39. The summed E-state index contributed by atoms with van der Waals surface area (Å²) >= 11 is 5.94. The molecule has 2 aliphatic heterocycles. The summed E-state index contributed by atoms with van der Waals surface area (Å²) < 4.78 is 24.4. The lowest BCUT2D eigenvalue weighted by Gasteiger charge is -2.43. The van der Waals surface area contributed by atoms with Gasteiger partial charge in [0.15, 0.2) is 0 Å². The molecule has 0 saturated carbocycles. The van der Waals surface area contributed by atoms with Crippen LogP contribution in [-0.2, 0) is 9.47 Å². The average molecular weight is 328 g/mol. The van der Waals surface area contributed by atoms with E-state index in [0.29, 0.717) is 25.4 Å². The predicted molar refractivity (Wildman–Crippen MR) is 80.6 cm³/mol. The maximum Gasteiger partial charge on any atom is 0.253 e. The van der Waals surface area contributed by atoms with Gasteiger partial charge in [0, 0.05) is 25.9 Å².